The lowest BCUT2D eigenvalue weighted by atomic mass is 10.2. The van der Waals surface area contributed by atoms with Gasteiger partial charge in [0.25, 0.3) is 0 Å². The van der Waals surface area contributed by atoms with Crippen LogP contribution >= 0.6 is 0 Å². The summed E-state index contributed by atoms with van der Waals surface area (Å²) in [6.45, 7) is 2.10. The molecule has 144 valence electrons. The Morgan fingerprint density at radius 2 is 1.35 bits per heavy atom. The van der Waals surface area contributed by atoms with E-state index in [0.717, 1.165) is 12.8 Å². The van der Waals surface area contributed by atoms with Gasteiger partial charge in [0.2, 0.25) is 0 Å². The van der Waals surface area contributed by atoms with E-state index in [1.165, 1.54) is 0 Å². The van der Waals surface area contributed by atoms with Crippen molar-refractivity contribution in [1.82, 2.24) is 0 Å². The molecule has 0 aliphatic carbocycles. The number of aliphatic carboxylic acids is 1. The Morgan fingerprint density at radius 3 is 1.88 bits per heavy atom. The summed E-state index contributed by atoms with van der Waals surface area (Å²) in [7, 11) is 0. The third kappa shape index (κ3) is 18.2. The van der Waals surface area contributed by atoms with Crippen LogP contribution in [0.3, 0.4) is 0 Å². The summed E-state index contributed by atoms with van der Waals surface area (Å²) in [5.41, 5.74) is 0. The molecule has 0 amide bonds. The number of aliphatic hydroxyl groups excluding tert-OH is 2. The van der Waals surface area contributed by atoms with Crippen LogP contribution in [0.5, 0.6) is 0 Å². The quantitative estimate of drug-likeness (QED) is 0.315. The first-order valence-corrected chi connectivity index (χ1v) is 9.10. The first-order valence-electron chi connectivity index (χ1n) is 9.10. The molecular formula is C22H32O4. The smallest absolute Gasteiger partial charge is 0.303 e. The Balaban J connectivity index is 3.91. The number of aliphatic hydroxyl groups is 2. The highest BCUT2D eigenvalue weighted by molar-refractivity contribution is 5.66. The average Bonchev–Trinajstić information content (AvgIpc) is 2.60. The minimum atomic E-state index is -0.821. The number of rotatable bonds is 14. The van der Waals surface area contributed by atoms with E-state index in [4.69, 9.17) is 5.11 Å². The van der Waals surface area contributed by atoms with Crippen molar-refractivity contribution < 1.29 is 20.1 Å². The molecule has 4 heteroatoms. The maximum absolute atomic E-state index is 10.3. The summed E-state index contributed by atoms with van der Waals surface area (Å²) in [4.78, 5) is 10.3. The molecule has 0 rings (SSSR count). The van der Waals surface area contributed by atoms with Crippen molar-refractivity contribution in [2.24, 2.45) is 0 Å². The Morgan fingerprint density at radius 1 is 0.808 bits per heavy atom. The van der Waals surface area contributed by atoms with Gasteiger partial charge in [0.05, 0.1) is 12.2 Å². The molecule has 0 aromatic rings. The number of carbonyl (C=O) groups is 1. The first-order chi connectivity index (χ1) is 12.6. The molecule has 0 radical (unpaired) electrons. The molecule has 3 N–H and O–H groups in total. The highest BCUT2D eigenvalue weighted by Gasteiger charge is 1.95. The summed E-state index contributed by atoms with van der Waals surface area (Å²) in [5.74, 6) is -0.821. The predicted octanol–water partition coefficient (Wildman–Crippen LogP) is 4.49. The number of hydrogen-bond donors (Lipinski definition) is 3. The zero-order chi connectivity index (χ0) is 19.5. The van der Waals surface area contributed by atoms with Crippen LogP contribution in [0, 0.1) is 0 Å². The maximum Gasteiger partial charge on any atom is 0.303 e. The van der Waals surface area contributed by atoms with Crippen LogP contribution in [0.15, 0.2) is 72.9 Å². The van der Waals surface area contributed by atoms with Gasteiger partial charge < -0.3 is 15.3 Å². The van der Waals surface area contributed by atoms with Crippen molar-refractivity contribution in [2.45, 2.75) is 57.7 Å². The van der Waals surface area contributed by atoms with Crippen LogP contribution < -0.4 is 0 Å². The summed E-state index contributed by atoms with van der Waals surface area (Å²) in [6.07, 6.45) is 24.7. The molecule has 0 aliphatic rings. The van der Waals surface area contributed by atoms with Crippen molar-refractivity contribution >= 4 is 5.97 Å². The van der Waals surface area contributed by atoms with E-state index < -0.39 is 18.2 Å². The normalized spacial score (nSPS) is 15.5. The Bertz CT molecular complexity index is 524. The molecule has 0 aliphatic heterocycles. The fourth-order valence-electron chi connectivity index (χ4n) is 1.90. The summed E-state index contributed by atoms with van der Waals surface area (Å²) < 4.78 is 0. The summed E-state index contributed by atoms with van der Waals surface area (Å²) in [5, 5.41) is 28.0. The zero-order valence-corrected chi connectivity index (χ0v) is 15.6. The van der Waals surface area contributed by atoms with Crippen LogP contribution in [0.25, 0.3) is 0 Å². The van der Waals surface area contributed by atoms with E-state index in [-0.39, 0.29) is 6.42 Å². The van der Waals surface area contributed by atoms with E-state index in [9.17, 15) is 15.0 Å². The first kappa shape index (κ1) is 23.8. The van der Waals surface area contributed by atoms with Crippen molar-refractivity contribution in [3.05, 3.63) is 72.9 Å². The second-order valence-electron chi connectivity index (χ2n) is 5.75. The minimum Gasteiger partial charge on any atom is -0.481 e. The summed E-state index contributed by atoms with van der Waals surface area (Å²) in [6, 6.07) is 0. The predicted molar refractivity (Wildman–Crippen MR) is 108 cm³/mol. The lowest BCUT2D eigenvalue weighted by Crippen LogP contribution is -1.99. The number of allylic oxidation sites excluding steroid dienone is 8. The molecule has 0 unspecified atom stereocenters. The van der Waals surface area contributed by atoms with Crippen LogP contribution in [0.2, 0.25) is 0 Å². The van der Waals surface area contributed by atoms with Gasteiger partial charge in [-0.2, -0.15) is 0 Å². The topological polar surface area (TPSA) is 77.8 Å². The van der Waals surface area contributed by atoms with Gasteiger partial charge in [-0.1, -0.05) is 79.8 Å². The Hall–Kier alpha value is -2.17. The highest BCUT2D eigenvalue weighted by Crippen LogP contribution is 2.00. The molecule has 2 atom stereocenters. The van der Waals surface area contributed by atoms with Crippen LogP contribution in [0.4, 0.5) is 0 Å². The van der Waals surface area contributed by atoms with E-state index in [1.54, 1.807) is 48.6 Å². The molecule has 4 nitrogen and oxygen atoms in total. The van der Waals surface area contributed by atoms with Crippen LogP contribution in [-0.2, 0) is 4.79 Å². The molecule has 0 heterocycles. The third-order valence-electron chi connectivity index (χ3n) is 3.29. The lowest BCUT2D eigenvalue weighted by Gasteiger charge is -1.99. The summed E-state index contributed by atoms with van der Waals surface area (Å²) >= 11 is 0. The standard InChI is InChI=1S/C22H32O4/c1-2-3-4-5-6-10-15-20(23)16-11-7-8-12-17-21(24)18-13-9-14-19-22(25)26/h3-4,6-13,16-17,20-21,23-24H,2,5,14-15,18-19H2,1H3,(H,25,26)/b4-3?,8-7+,10-6?,13-9?,16-11?,17-12+/t20-,21-/m0/s1. The zero-order valence-electron chi connectivity index (χ0n) is 15.6. The van der Waals surface area contributed by atoms with Gasteiger partial charge in [-0.05, 0) is 32.1 Å². The van der Waals surface area contributed by atoms with Gasteiger partial charge >= 0.3 is 5.97 Å². The monoisotopic (exact) mass is 360 g/mol. The second-order valence-corrected chi connectivity index (χ2v) is 5.75. The number of hydrogen-bond acceptors (Lipinski definition) is 3. The molecule has 0 aromatic carbocycles. The van der Waals surface area contributed by atoms with E-state index >= 15 is 0 Å². The van der Waals surface area contributed by atoms with Gasteiger partial charge in [-0.25, -0.2) is 0 Å². The van der Waals surface area contributed by atoms with Crippen molar-refractivity contribution in [1.29, 1.82) is 0 Å². The number of carboxylic acids is 1. The SMILES string of the molecule is CCC=CCC=CC[C@H](O)C=C/C=C/C=C/[C@H](O)CC=CCCC(=O)O. The van der Waals surface area contributed by atoms with E-state index in [1.807, 2.05) is 12.2 Å². The van der Waals surface area contributed by atoms with E-state index in [2.05, 4.69) is 19.1 Å². The largest absolute Gasteiger partial charge is 0.481 e. The van der Waals surface area contributed by atoms with Crippen molar-refractivity contribution in [3.8, 4) is 0 Å². The maximum atomic E-state index is 10.3. The number of carboxylic acid groups (broad SMARTS) is 1. The lowest BCUT2D eigenvalue weighted by molar-refractivity contribution is -0.136. The Labute approximate surface area is 157 Å². The van der Waals surface area contributed by atoms with Crippen LogP contribution in [-0.4, -0.2) is 33.5 Å². The minimum absolute atomic E-state index is 0.106. The van der Waals surface area contributed by atoms with Gasteiger partial charge in [-0.3, -0.25) is 4.79 Å². The Kier molecular flexibility index (Phi) is 16.2. The van der Waals surface area contributed by atoms with Gasteiger partial charge in [-0.15, -0.1) is 0 Å². The molecule has 0 saturated carbocycles. The molecule has 0 bridgehead atoms. The third-order valence-corrected chi connectivity index (χ3v) is 3.29. The highest BCUT2D eigenvalue weighted by atomic mass is 16.4. The van der Waals surface area contributed by atoms with Crippen molar-refractivity contribution in [2.75, 3.05) is 0 Å². The molecular weight excluding hydrogens is 328 g/mol. The van der Waals surface area contributed by atoms with Crippen molar-refractivity contribution in [3.63, 3.8) is 0 Å². The second kappa shape index (κ2) is 17.6. The van der Waals surface area contributed by atoms with Gasteiger partial charge in [0.1, 0.15) is 0 Å². The fraction of sp³-hybridized carbons (Fsp3) is 0.409. The van der Waals surface area contributed by atoms with Gasteiger partial charge in [0.15, 0.2) is 0 Å². The molecule has 0 saturated heterocycles. The molecule has 0 spiro atoms. The fourth-order valence-corrected chi connectivity index (χ4v) is 1.90. The molecule has 26 heavy (non-hydrogen) atoms. The van der Waals surface area contributed by atoms with E-state index in [0.29, 0.717) is 19.3 Å². The molecule has 0 fully saturated rings. The van der Waals surface area contributed by atoms with Gasteiger partial charge in [0, 0.05) is 6.42 Å². The average molecular weight is 360 g/mol. The molecule has 0 aromatic heterocycles. The van der Waals surface area contributed by atoms with Crippen LogP contribution in [0.1, 0.15) is 45.4 Å².